The summed E-state index contributed by atoms with van der Waals surface area (Å²) in [5, 5.41) is 7.46. The van der Waals surface area contributed by atoms with E-state index in [9.17, 15) is 0 Å². The van der Waals surface area contributed by atoms with Crippen molar-refractivity contribution in [3.8, 4) is 5.82 Å². The molecule has 21 heavy (non-hydrogen) atoms. The van der Waals surface area contributed by atoms with Crippen LogP contribution in [0, 0.1) is 0 Å². The summed E-state index contributed by atoms with van der Waals surface area (Å²) in [7, 11) is 0. The maximum absolute atomic E-state index is 6.13. The zero-order valence-electron chi connectivity index (χ0n) is 12.0. The van der Waals surface area contributed by atoms with Crippen molar-refractivity contribution in [2.75, 3.05) is 17.6 Å². The van der Waals surface area contributed by atoms with Crippen LogP contribution in [0.4, 0.5) is 11.5 Å². The van der Waals surface area contributed by atoms with Gasteiger partial charge in [-0.2, -0.15) is 5.10 Å². The number of nitrogens with one attached hydrogen (secondary N) is 1. The highest BCUT2D eigenvalue weighted by molar-refractivity contribution is 5.68. The summed E-state index contributed by atoms with van der Waals surface area (Å²) in [5.41, 5.74) is 8.19. The van der Waals surface area contributed by atoms with Gasteiger partial charge < -0.3 is 11.1 Å². The van der Waals surface area contributed by atoms with Crippen LogP contribution in [0.3, 0.4) is 0 Å². The van der Waals surface area contributed by atoms with E-state index in [0.29, 0.717) is 17.3 Å². The van der Waals surface area contributed by atoms with Gasteiger partial charge in [-0.05, 0) is 38.2 Å². The average Bonchev–Trinajstić information content (AvgIpc) is 3.04. The summed E-state index contributed by atoms with van der Waals surface area (Å²) in [5.74, 6) is 1.28. The van der Waals surface area contributed by atoms with Crippen LogP contribution >= 0.6 is 0 Å². The molecule has 0 saturated carbocycles. The minimum Gasteiger partial charge on any atom is -0.393 e. The largest absolute Gasteiger partial charge is 0.393 e. The Balaban J connectivity index is 1.66. The van der Waals surface area contributed by atoms with Crippen molar-refractivity contribution in [1.29, 1.82) is 0 Å². The number of nitrogens with two attached hydrogens (primary N) is 1. The predicted molar refractivity (Wildman–Crippen MR) is 83.2 cm³/mol. The SMILES string of the molecule is Nc1c(NCCC2=CCCCC2)ncnc1-n1cccn1. The molecule has 0 spiro atoms. The van der Waals surface area contributed by atoms with Gasteiger partial charge in [0.05, 0.1) is 0 Å². The summed E-state index contributed by atoms with van der Waals surface area (Å²) in [4.78, 5) is 8.42. The number of hydrogen-bond donors (Lipinski definition) is 2. The molecule has 2 aromatic rings. The van der Waals surface area contributed by atoms with Crippen molar-refractivity contribution in [2.24, 2.45) is 0 Å². The van der Waals surface area contributed by atoms with Gasteiger partial charge in [0, 0.05) is 18.9 Å². The third kappa shape index (κ3) is 3.21. The summed E-state index contributed by atoms with van der Waals surface area (Å²) in [6.45, 7) is 0.839. The molecule has 0 saturated heterocycles. The molecule has 0 atom stereocenters. The van der Waals surface area contributed by atoms with Gasteiger partial charge in [-0.25, -0.2) is 14.6 Å². The first-order chi connectivity index (χ1) is 10.3. The van der Waals surface area contributed by atoms with Gasteiger partial charge in [-0.15, -0.1) is 0 Å². The van der Waals surface area contributed by atoms with Crippen LogP contribution in [0.1, 0.15) is 32.1 Å². The highest BCUT2D eigenvalue weighted by Crippen LogP contribution is 2.23. The Kier molecular flexibility index (Phi) is 4.14. The molecule has 0 unspecified atom stereocenters. The molecule has 0 bridgehead atoms. The van der Waals surface area contributed by atoms with Gasteiger partial charge in [-0.3, -0.25) is 0 Å². The summed E-state index contributed by atoms with van der Waals surface area (Å²) in [6.07, 6.45) is 13.5. The fourth-order valence-electron chi connectivity index (χ4n) is 2.58. The number of nitrogens with zero attached hydrogens (tertiary/aromatic N) is 4. The van der Waals surface area contributed by atoms with E-state index in [2.05, 4.69) is 26.5 Å². The molecular formula is C15H20N6. The molecule has 3 N–H and O–H groups in total. The standard InChI is InChI=1S/C15H20N6/c16-13-14(17-9-7-12-5-2-1-3-6-12)18-11-19-15(13)21-10-4-8-20-21/h4-5,8,10-11H,1-3,6-7,9,16H2,(H,17,18,19). The zero-order valence-corrected chi connectivity index (χ0v) is 12.0. The van der Waals surface area contributed by atoms with E-state index < -0.39 is 0 Å². The van der Waals surface area contributed by atoms with Gasteiger partial charge >= 0.3 is 0 Å². The third-order valence-corrected chi connectivity index (χ3v) is 3.71. The van der Waals surface area contributed by atoms with Crippen LogP contribution in [0.25, 0.3) is 5.82 Å². The summed E-state index contributed by atoms with van der Waals surface area (Å²) >= 11 is 0. The lowest BCUT2D eigenvalue weighted by molar-refractivity contribution is 0.679. The van der Waals surface area contributed by atoms with Gasteiger partial charge in [0.2, 0.25) is 0 Å². The molecule has 6 heteroatoms. The molecule has 2 aromatic heterocycles. The lowest BCUT2D eigenvalue weighted by Gasteiger charge is -2.14. The van der Waals surface area contributed by atoms with Crippen molar-refractivity contribution in [1.82, 2.24) is 19.7 Å². The minimum absolute atomic E-state index is 0.527. The maximum atomic E-state index is 6.13. The molecule has 1 aliphatic carbocycles. The highest BCUT2D eigenvalue weighted by atomic mass is 15.3. The molecule has 3 rings (SSSR count). The summed E-state index contributed by atoms with van der Waals surface area (Å²) < 4.78 is 1.64. The Morgan fingerprint density at radius 1 is 1.29 bits per heavy atom. The Morgan fingerprint density at radius 2 is 2.24 bits per heavy atom. The molecule has 6 nitrogen and oxygen atoms in total. The molecular weight excluding hydrogens is 264 g/mol. The van der Waals surface area contributed by atoms with Crippen LogP contribution < -0.4 is 11.1 Å². The minimum atomic E-state index is 0.527. The quantitative estimate of drug-likeness (QED) is 0.825. The van der Waals surface area contributed by atoms with Crippen molar-refractivity contribution in [3.05, 3.63) is 36.4 Å². The Hall–Kier alpha value is -2.37. The highest BCUT2D eigenvalue weighted by Gasteiger charge is 2.10. The molecule has 0 fully saturated rings. The Morgan fingerprint density at radius 3 is 3.00 bits per heavy atom. The number of allylic oxidation sites excluding steroid dienone is 1. The van der Waals surface area contributed by atoms with Crippen molar-refractivity contribution >= 4 is 11.5 Å². The van der Waals surface area contributed by atoms with E-state index >= 15 is 0 Å². The zero-order chi connectivity index (χ0) is 14.5. The topological polar surface area (TPSA) is 81.6 Å². The first-order valence-electron chi connectivity index (χ1n) is 7.37. The lowest BCUT2D eigenvalue weighted by atomic mass is 9.97. The second-order valence-corrected chi connectivity index (χ2v) is 5.20. The van der Waals surface area contributed by atoms with Crippen molar-refractivity contribution in [2.45, 2.75) is 32.1 Å². The van der Waals surface area contributed by atoms with E-state index in [1.807, 2.05) is 12.3 Å². The van der Waals surface area contributed by atoms with Crippen LogP contribution in [0.15, 0.2) is 36.4 Å². The van der Waals surface area contributed by atoms with E-state index in [4.69, 9.17) is 5.73 Å². The second kappa shape index (κ2) is 6.39. The van der Waals surface area contributed by atoms with E-state index in [-0.39, 0.29) is 0 Å². The Labute approximate surface area is 124 Å². The normalized spacial score (nSPS) is 14.8. The Bertz CT molecular complexity index is 617. The van der Waals surface area contributed by atoms with E-state index in [1.165, 1.54) is 37.6 Å². The molecule has 0 radical (unpaired) electrons. The van der Waals surface area contributed by atoms with Crippen LogP contribution in [0.5, 0.6) is 0 Å². The lowest BCUT2D eigenvalue weighted by Crippen LogP contribution is -2.11. The smallest absolute Gasteiger partial charge is 0.181 e. The first kappa shape index (κ1) is 13.6. The first-order valence-corrected chi connectivity index (χ1v) is 7.37. The molecule has 110 valence electrons. The molecule has 1 aliphatic rings. The van der Waals surface area contributed by atoms with E-state index in [0.717, 1.165) is 13.0 Å². The van der Waals surface area contributed by atoms with Crippen molar-refractivity contribution in [3.63, 3.8) is 0 Å². The third-order valence-electron chi connectivity index (χ3n) is 3.71. The fraction of sp³-hybridized carbons (Fsp3) is 0.400. The summed E-state index contributed by atoms with van der Waals surface area (Å²) in [6, 6.07) is 1.84. The number of rotatable bonds is 5. The number of hydrogen-bond acceptors (Lipinski definition) is 5. The van der Waals surface area contributed by atoms with Crippen LogP contribution in [-0.2, 0) is 0 Å². The fourth-order valence-corrected chi connectivity index (χ4v) is 2.58. The number of anilines is 2. The van der Waals surface area contributed by atoms with Crippen LogP contribution in [-0.4, -0.2) is 26.3 Å². The van der Waals surface area contributed by atoms with E-state index in [1.54, 1.807) is 10.9 Å². The maximum Gasteiger partial charge on any atom is 0.181 e. The number of nitrogen functional groups attached to an aromatic ring is 1. The number of aromatic nitrogens is 4. The monoisotopic (exact) mass is 284 g/mol. The molecule has 0 aliphatic heterocycles. The van der Waals surface area contributed by atoms with Crippen LogP contribution in [0.2, 0.25) is 0 Å². The van der Waals surface area contributed by atoms with Gasteiger partial charge in [0.1, 0.15) is 12.0 Å². The average molecular weight is 284 g/mol. The molecule has 0 aromatic carbocycles. The van der Waals surface area contributed by atoms with Gasteiger partial charge in [0.25, 0.3) is 0 Å². The molecule has 2 heterocycles. The molecule has 0 amide bonds. The second-order valence-electron chi connectivity index (χ2n) is 5.20. The van der Waals surface area contributed by atoms with Gasteiger partial charge in [-0.1, -0.05) is 11.6 Å². The van der Waals surface area contributed by atoms with Gasteiger partial charge in [0.15, 0.2) is 11.6 Å². The predicted octanol–water partition coefficient (Wildman–Crippen LogP) is 2.55. The van der Waals surface area contributed by atoms with Crippen molar-refractivity contribution < 1.29 is 0 Å².